The van der Waals surface area contributed by atoms with Crippen LogP contribution >= 0.6 is 0 Å². The van der Waals surface area contributed by atoms with E-state index in [1.54, 1.807) is 25.9 Å². The lowest BCUT2D eigenvalue weighted by Gasteiger charge is -2.44. The van der Waals surface area contributed by atoms with Crippen molar-refractivity contribution >= 4 is 23.6 Å². The number of benzene rings is 1. The molecular weight excluding hydrogens is 570 g/mol. The molecule has 1 aromatic rings. The number of esters is 1. The van der Waals surface area contributed by atoms with Gasteiger partial charge in [0.15, 0.2) is 5.60 Å². The number of unbranched alkanes of at least 4 members (excludes halogenated alkanes) is 2. The van der Waals surface area contributed by atoms with E-state index in [1.165, 1.54) is 5.56 Å². The number of methoxy groups -OCH3 is 1. The summed E-state index contributed by atoms with van der Waals surface area (Å²) in [4.78, 5) is 57.0. The number of hydrogen-bond acceptors (Lipinski definition) is 7. The molecule has 1 amide bonds. The molecule has 252 valence electrons. The van der Waals surface area contributed by atoms with Gasteiger partial charge in [0, 0.05) is 31.4 Å². The van der Waals surface area contributed by atoms with E-state index in [2.05, 4.69) is 19.1 Å². The summed E-state index contributed by atoms with van der Waals surface area (Å²) in [7, 11) is 1.66. The maximum atomic E-state index is 14.4. The molecule has 0 aromatic heterocycles. The molecule has 0 aliphatic carbocycles. The molecule has 0 bridgehead atoms. The minimum atomic E-state index is -1.28. The zero-order chi connectivity index (χ0) is 33.5. The summed E-state index contributed by atoms with van der Waals surface area (Å²) in [6.45, 7) is 15.4. The van der Waals surface area contributed by atoms with Crippen LogP contribution in [0.1, 0.15) is 106 Å². The van der Waals surface area contributed by atoms with Gasteiger partial charge in [0.05, 0.1) is 11.6 Å². The van der Waals surface area contributed by atoms with Gasteiger partial charge in [-0.2, -0.15) is 0 Å². The maximum absolute atomic E-state index is 14.4. The third kappa shape index (κ3) is 7.81. The molecule has 2 saturated heterocycles. The first kappa shape index (κ1) is 36.7. The molecule has 3 rings (SSSR count). The topological polar surface area (TPSA) is 99.2 Å². The fourth-order valence-corrected chi connectivity index (χ4v) is 7.89. The zero-order valence-electron chi connectivity index (χ0n) is 29.1. The van der Waals surface area contributed by atoms with Crippen molar-refractivity contribution in [1.29, 1.82) is 0 Å². The van der Waals surface area contributed by atoms with E-state index >= 15 is 0 Å². The van der Waals surface area contributed by atoms with Gasteiger partial charge in [-0.1, -0.05) is 84.7 Å². The molecule has 2 fully saturated rings. The number of nitrogens with zero attached hydrogens (tertiary/aromatic N) is 1. The van der Waals surface area contributed by atoms with Crippen molar-refractivity contribution in [2.24, 2.45) is 29.6 Å². The Morgan fingerprint density at radius 1 is 0.911 bits per heavy atom. The number of rotatable bonds is 10. The van der Waals surface area contributed by atoms with E-state index in [9.17, 15) is 19.2 Å². The van der Waals surface area contributed by atoms with E-state index in [0.29, 0.717) is 25.8 Å². The molecule has 2 heterocycles. The Morgan fingerprint density at radius 2 is 1.58 bits per heavy atom. The van der Waals surface area contributed by atoms with Crippen LogP contribution in [0, 0.1) is 29.6 Å². The van der Waals surface area contributed by atoms with Crippen LogP contribution in [-0.2, 0) is 35.0 Å². The normalized spacial score (nSPS) is 35.0. The summed E-state index contributed by atoms with van der Waals surface area (Å²) in [5, 5.41) is 0. The average Bonchev–Trinajstić information content (AvgIpc) is 3.30. The monoisotopic (exact) mass is 627 g/mol. The molecule has 0 saturated carbocycles. The number of ketones is 2. The molecule has 0 radical (unpaired) electrons. The molecule has 0 N–H and O–H groups in total. The quantitative estimate of drug-likeness (QED) is 0.154. The number of carbonyl (C=O) groups is 4. The summed E-state index contributed by atoms with van der Waals surface area (Å²) < 4.78 is 18.4. The predicted molar refractivity (Wildman–Crippen MR) is 175 cm³/mol. The summed E-state index contributed by atoms with van der Waals surface area (Å²) >= 11 is 0. The lowest BCUT2D eigenvalue weighted by molar-refractivity contribution is -0.173. The number of aryl methyl sites for hydroxylation is 1. The van der Waals surface area contributed by atoms with Gasteiger partial charge in [-0.05, 0) is 63.9 Å². The predicted octanol–water partition coefficient (Wildman–Crippen LogP) is 7.21. The van der Waals surface area contributed by atoms with Crippen LogP contribution in [0.2, 0.25) is 0 Å². The van der Waals surface area contributed by atoms with Crippen molar-refractivity contribution in [3.8, 4) is 0 Å². The highest BCUT2D eigenvalue weighted by atomic mass is 16.6. The minimum Gasteiger partial charge on any atom is -0.458 e. The Kier molecular flexibility index (Phi) is 12.8. The average molecular weight is 628 g/mol. The maximum Gasteiger partial charge on any atom is 0.410 e. The molecule has 1 aromatic carbocycles. The number of ether oxygens (including phenoxy) is 3. The van der Waals surface area contributed by atoms with Crippen molar-refractivity contribution in [2.75, 3.05) is 13.7 Å². The van der Waals surface area contributed by atoms with Crippen LogP contribution in [0.25, 0.3) is 0 Å². The van der Waals surface area contributed by atoms with Crippen molar-refractivity contribution in [3.05, 3.63) is 35.9 Å². The van der Waals surface area contributed by atoms with Gasteiger partial charge in [-0.3, -0.25) is 14.4 Å². The highest BCUT2D eigenvalue weighted by Gasteiger charge is 2.60. The van der Waals surface area contributed by atoms with Crippen LogP contribution in [-0.4, -0.2) is 65.5 Å². The summed E-state index contributed by atoms with van der Waals surface area (Å²) in [5.41, 5.74) is -0.777. The fraction of sp³-hybridized carbons (Fsp3) is 0.730. The summed E-state index contributed by atoms with van der Waals surface area (Å²) in [6.07, 6.45) is 4.47. The van der Waals surface area contributed by atoms with Crippen molar-refractivity contribution in [2.45, 2.75) is 130 Å². The number of Topliss-reactive ketones (excluding diaryl/α,β-unsaturated/α-hetero) is 2. The van der Waals surface area contributed by atoms with Gasteiger partial charge in [-0.25, -0.2) is 4.79 Å². The first-order valence-electron chi connectivity index (χ1n) is 17.1. The number of fused-ring (bicyclic) bond motifs is 1. The molecule has 8 nitrogen and oxygen atoms in total. The highest BCUT2D eigenvalue weighted by molar-refractivity contribution is 6.00. The smallest absolute Gasteiger partial charge is 0.410 e. The molecule has 0 spiro atoms. The molecular formula is C37H57NO7. The SMILES string of the molecule is CCCC[C@@]1(OC)C[C@@H](C)C(=O)[C@H](C)[C@H]2N(CCCCc3ccccc3)C(=O)O[C@]2(C)[C@@H](CC)OC(=O)[C@H](C)C(=O)[C@H](C)[C@H]1C. The summed E-state index contributed by atoms with van der Waals surface area (Å²) in [5.74, 6) is -3.56. The number of carbonyl (C=O) groups excluding carboxylic acids is 4. The second-order valence-electron chi connectivity index (χ2n) is 13.8. The lowest BCUT2D eigenvalue weighted by Crippen LogP contribution is -2.58. The third-order valence-electron chi connectivity index (χ3n) is 10.9. The molecule has 2 aliphatic heterocycles. The van der Waals surface area contributed by atoms with E-state index in [-0.39, 0.29) is 17.5 Å². The Morgan fingerprint density at radius 3 is 2.18 bits per heavy atom. The van der Waals surface area contributed by atoms with Crippen LogP contribution in [0.5, 0.6) is 0 Å². The number of cyclic esters (lactones) is 1. The Hall–Kier alpha value is -2.74. The zero-order valence-corrected chi connectivity index (χ0v) is 29.1. The highest BCUT2D eigenvalue weighted by Crippen LogP contribution is 2.44. The largest absolute Gasteiger partial charge is 0.458 e. The second kappa shape index (κ2) is 15.7. The first-order valence-corrected chi connectivity index (χ1v) is 17.1. The third-order valence-corrected chi connectivity index (χ3v) is 10.9. The Bertz CT molecular complexity index is 1170. The second-order valence-corrected chi connectivity index (χ2v) is 13.8. The fourth-order valence-electron chi connectivity index (χ4n) is 7.89. The van der Waals surface area contributed by atoms with Gasteiger partial charge in [0.25, 0.3) is 0 Å². The lowest BCUT2D eigenvalue weighted by atomic mass is 9.68. The number of amides is 1. The van der Waals surface area contributed by atoms with Gasteiger partial charge < -0.3 is 19.1 Å². The Balaban J connectivity index is 2.03. The van der Waals surface area contributed by atoms with E-state index in [4.69, 9.17) is 14.2 Å². The van der Waals surface area contributed by atoms with E-state index in [1.807, 2.05) is 52.8 Å². The van der Waals surface area contributed by atoms with Gasteiger partial charge in [0.1, 0.15) is 23.6 Å². The standard InChI is InChI=1S/C37H57NO7/c1-10-12-21-37(43-9)23-24(3)31(39)26(5)33-36(8,30(11-2)44-34(41)27(6)32(40)25(4)28(37)7)45-35(42)38(33)22-17-16-20-29-18-14-13-15-19-29/h13-15,18-19,24-28,30,33H,10-12,16-17,20-23H2,1-9H3/t24-,25-,26+,27-,28-,30-,33-,36-,37-/m1/s1. The van der Waals surface area contributed by atoms with Crippen LogP contribution < -0.4 is 0 Å². The molecule has 2 aliphatic rings. The van der Waals surface area contributed by atoms with Gasteiger partial charge >= 0.3 is 12.1 Å². The first-order chi connectivity index (χ1) is 21.3. The van der Waals surface area contributed by atoms with Gasteiger partial charge in [0.2, 0.25) is 0 Å². The van der Waals surface area contributed by atoms with Crippen molar-refractivity contribution < 1.29 is 33.4 Å². The molecule has 9 atom stereocenters. The molecule has 8 heteroatoms. The molecule has 0 unspecified atom stereocenters. The van der Waals surface area contributed by atoms with E-state index in [0.717, 1.165) is 32.1 Å². The van der Waals surface area contributed by atoms with Crippen LogP contribution in [0.15, 0.2) is 30.3 Å². The van der Waals surface area contributed by atoms with Crippen molar-refractivity contribution in [3.63, 3.8) is 0 Å². The Labute approximate surface area is 270 Å². The number of hydrogen-bond donors (Lipinski definition) is 0. The molecule has 45 heavy (non-hydrogen) atoms. The summed E-state index contributed by atoms with van der Waals surface area (Å²) in [6, 6.07) is 9.57. The van der Waals surface area contributed by atoms with E-state index < -0.39 is 59.1 Å². The van der Waals surface area contributed by atoms with Crippen LogP contribution in [0.4, 0.5) is 4.79 Å². The van der Waals surface area contributed by atoms with Crippen LogP contribution in [0.3, 0.4) is 0 Å². The van der Waals surface area contributed by atoms with Crippen molar-refractivity contribution in [1.82, 2.24) is 4.90 Å². The minimum absolute atomic E-state index is 0.00882. The van der Waals surface area contributed by atoms with Gasteiger partial charge in [-0.15, -0.1) is 0 Å².